The lowest BCUT2D eigenvalue weighted by Gasteiger charge is -2.08. The Morgan fingerprint density at radius 3 is 1.61 bits per heavy atom. The van der Waals surface area contributed by atoms with Gasteiger partial charge >= 0.3 is 6.16 Å². The van der Waals surface area contributed by atoms with E-state index in [9.17, 15) is 4.79 Å². The van der Waals surface area contributed by atoms with Gasteiger partial charge in [-0.15, -0.1) is 0 Å². The smallest absolute Gasteiger partial charge is 0.434 e. The summed E-state index contributed by atoms with van der Waals surface area (Å²) in [6, 6.07) is 0. The van der Waals surface area contributed by atoms with E-state index in [2.05, 4.69) is 63.7 Å². The monoisotopic (exact) mass is 514 g/mol. The van der Waals surface area contributed by atoms with Crippen LogP contribution < -0.4 is 0 Å². The second-order valence-corrected chi connectivity index (χ2v) is 8.24. The SMILES string of the molecule is O=C(OCCC1(Br)OC1Br)OCCC1(Br)OC1Br. The Balaban J connectivity index is 1.50. The molecule has 4 unspecified atom stereocenters. The van der Waals surface area contributed by atoms with Crippen molar-refractivity contribution in [3.8, 4) is 0 Å². The largest absolute Gasteiger partial charge is 0.508 e. The van der Waals surface area contributed by atoms with E-state index in [1.54, 1.807) is 0 Å². The number of hydrogen-bond acceptors (Lipinski definition) is 5. The third kappa shape index (κ3) is 4.05. The van der Waals surface area contributed by atoms with Gasteiger partial charge in [0.05, 0.1) is 13.2 Å². The molecular weight excluding hydrogens is 508 g/mol. The molecule has 0 aromatic heterocycles. The van der Waals surface area contributed by atoms with E-state index in [4.69, 9.17) is 18.9 Å². The van der Waals surface area contributed by atoms with Crippen LogP contribution in [-0.2, 0) is 18.9 Å². The van der Waals surface area contributed by atoms with Crippen molar-refractivity contribution in [2.75, 3.05) is 13.2 Å². The van der Waals surface area contributed by atoms with E-state index in [0.717, 1.165) is 0 Å². The lowest BCUT2D eigenvalue weighted by molar-refractivity contribution is 0.0501. The number of ether oxygens (including phenoxy) is 4. The van der Waals surface area contributed by atoms with E-state index >= 15 is 0 Å². The van der Waals surface area contributed by atoms with Gasteiger partial charge in [0.25, 0.3) is 0 Å². The molecule has 0 amide bonds. The Morgan fingerprint density at radius 1 is 1.00 bits per heavy atom. The molecule has 0 saturated carbocycles. The molecule has 2 rings (SSSR count). The fraction of sp³-hybridized carbons (Fsp3) is 0.889. The van der Waals surface area contributed by atoms with E-state index in [0.29, 0.717) is 12.8 Å². The maximum Gasteiger partial charge on any atom is 0.508 e. The highest BCUT2D eigenvalue weighted by molar-refractivity contribution is 9.13. The zero-order valence-electron chi connectivity index (χ0n) is 9.04. The van der Waals surface area contributed by atoms with Crippen LogP contribution in [-0.4, -0.2) is 38.4 Å². The highest BCUT2D eigenvalue weighted by Crippen LogP contribution is 2.49. The van der Waals surface area contributed by atoms with Gasteiger partial charge in [0.1, 0.15) is 0 Å². The van der Waals surface area contributed by atoms with E-state index in [1.165, 1.54) is 0 Å². The van der Waals surface area contributed by atoms with Crippen LogP contribution in [0.3, 0.4) is 0 Å². The number of hydrogen-bond donors (Lipinski definition) is 0. The first-order valence-corrected chi connectivity index (χ1v) is 8.59. The fourth-order valence-electron chi connectivity index (χ4n) is 1.21. The number of rotatable bonds is 6. The van der Waals surface area contributed by atoms with Gasteiger partial charge in [0.2, 0.25) is 0 Å². The summed E-state index contributed by atoms with van der Waals surface area (Å²) in [7, 11) is 0. The molecule has 0 spiro atoms. The minimum atomic E-state index is -0.680. The summed E-state index contributed by atoms with van der Waals surface area (Å²) in [5.74, 6) is 0. The van der Waals surface area contributed by atoms with Crippen molar-refractivity contribution >= 4 is 69.9 Å². The number of carbonyl (C=O) groups is 1. The number of carbonyl (C=O) groups excluding carboxylic acids is 1. The first-order valence-electron chi connectivity index (χ1n) is 5.17. The van der Waals surface area contributed by atoms with Gasteiger partial charge < -0.3 is 18.9 Å². The predicted molar refractivity (Wildman–Crippen MR) is 77.5 cm³/mol. The van der Waals surface area contributed by atoms with E-state index < -0.39 is 15.2 Å². The van der Waals surface area contributed by atoms with Crippen LogP contribution in [0.1, 0.15) is 12.8 Å². The summed E-state index contributed by atoms with van der Waals surface area (Å²) in [6.07, 6.45) is 0.445. The Labute approximate surface area is 138 Å². The van der Waals surface area contributed by atoms with Crippen molar-refractivity contribution in [2.24, 2.45) is 0 Å². The Morgan fingerprint density at radius 2 is 1.33 bits per heavy atom. The number of epoxide rings is 2. The zero-order chi connectivity index (χ0) is 13.4. The van der Waals surface area contributed by atoms with E-state index in [1.807, 2.05) is 0 Å². The van der Waals surface area contributed by atoms with Crippen molar-refractivity contribution in [3.05, 3.63) is 0 Å². The molecule has 5 nitrogen and oxygen atoms in total. The first-order chi connectivity index (χ1) is 8.36. The van der Waals surface area contributed by atoms with Gasteiger partial charge in [0, 0.05) is 12.8 Å². The molecule has 2 aliphatic heterocycles. The average Bonchev–Trinajstić information content (AvgIpc) is 3.06. The number of alkyl halides is 4. The van der Waals surface area contributed by atoms with Crippen molar-refractivity contribution in [1.29, 1.82) is 0 Å². The Bertz CT molecular complexity index is 313. The molecule has 9 heteroatoms. The van der Waals surface area contributed by atoms with Crippen LogP contribution in [0.5, 0.6) is 0 Å². The van der Waals surface area contributed by atoms with Crippen LogP contribution in [0.4, 0.5) is 4.79 Å². The van der Waals surface area contributed by atoms with Crippen LogP contribution in [0.15, 0.2) is 0 Å². The molecule has 0 aliphatic carbocycles. The lowest BCUT2D eigenvalue weighted by atomic mass is 10.3. The lowest BCUT2D eigenvalue weighted by Crippen LogP contribution is -2.15. The van der Waals surface area contributed by atoms with Gasteiger partial charge in [-0.25, -0.2) is 4.79 Å². The van der Waals surface area contributed by atoms with Crippen LogP contribution in [0.25, 0.3) is 0 Å². The fourth-order valence-corrected chi connectivity index (χ4v) is 3.53. The van der Waals surface area contributed by atoms with Gasteiger partial charge in [0.15, 0.2) is 19.0 Å². The minimum Gasteiger partial charge on any atom is -0.434 e. The summed E-state index contributed by atoms with van der Waals surface area (Å²) in [5.41, 5.74) is 0. The first kappa shape index (κ1) is 15.5. The highest BCUT2D eigenvalue weighted by Gasteiger charge is 2.53. The third-order valence-electron chi connectivity index (χ3n) is 2.49. The van der Waals surface area contributed by atoms with Crippen molar-refractivity contribution in [2.45, 2.75) is 31.9 Å². The molecule has 18 heavy (non-hydrogen) atoms. The van der Waals surface area contributed by atoms with Gasteiger partial charge in [-0.1, -0.05) is 31.9 Å². The van der Waals surface area contributed by atoms with Gasteiger partial charge in [-0.05, 0) is 31.9 Å². The van der Waals surface area contributed by atoms with Crippen LogP contribution >= 0.6 is 63.7 Å². The molecule has 2 heterocycles. The molecular formula is C9H10Br4O5. The van der Waals surface area contributed by atoms with E-state index in [-0.39, 0.29) is 23.2 Å². The summed E-state index contributed by atoms with van der Waals surface area (Å²) < 4.78 is 19.4. The number of halogens is 4. The molecule has 0 N–H and O–H groups in total. The molecule has 0 aromatic rings. The minimum absolute atomic E-state index is 0.0271. The van der Waals surface area contributed by atoms with Crippen LogP contribution in [0, 0.1) is 0 Å². The third-order valence-corrected chi connectivity index (χ3v) is 7.57. The molecule has 2 fully saturated rings. The van der Waals surface area contributed by atoms with Crippen molar-refractivity contribution in [1.82, 2.24) is 0 Å². The molecule has 4 atom stereocenters. The molecule has 2 saturated heterocycles. The van der Waals surface area contributed by atoms with Crippen molar-refractivity contribution in [3.63, 3.8) is 0 Å². The Hall–Kier alpha value is 1.11. The summed E-state index contributed by atoms with van der Waals surface area (Å²) in [4.78, 5) is 11.2. The van der Waals surface area contributed by atoms with Crippen molar-refractivity contribution < 1.29 is 23.7 Å². The summed E-state index contributed by atoms with van der Waals surface area (Å²) >= 11 is 13.3. The normalized spacial score (nSPS) is 41.3. The molecule has 0 radical (unpaired) electrons. The maximum atomic E-state index is 11.2. The molecule has 0 aromatic carbocycles. The Kier molecular flexibility index (Phi) is 5.03. The molecule has 0 bridgehead atoms. The summed E-state index contributed by atoms with van der Waals surface area (Å²) in [6.45, 7) is 0.479. The standard InChI is InChI=1S/C9H10Br4O5/c10-5-8(12,17-5)1-3-15-7(14)16-4-2-9(13)6(11)18-9/h5-6H,1-4H2. The zero-order valence-corrected chi connectivity index (χ0v) is 15.4. The second-order valence-electron chi connectivity index (χ2n) is 3.89. The quantitative estimate of drug-likeness (QED) is 0.306. The van der Waals surface area contributed by atoms with Gasteiger partial charge in [-0.2, -0.15) is 0 Å². The average molecular weight is 518 g/mol. The summed E-state index contributed by atoms with van der Waals surface area (Å²) in [5, 5.41) is -0.0542. The topological polar surface area (TPSA) is 60.6 Å². The molecule has 104 valence electrons. The predicted octanol–water partition coefficient (Wildman–Crippen LogP) is 3.60. The van der Waals surface area contributed by atoms with Crippen LogP contribution in [0.2, 0.25) is 0 Å². The van der Waals surface area contributed by atoms with Gasteiger partial charge in [-0.3, -0.25) is 0 Å². The maximum absolute atomic E-state index is 11.2. The molecule has 2 aliphatic rings. The second kappa shape index (κ2) is 5.85. The highest BCUT2D eigenvalue weighted by atomic mass is 79.9.